The third-order valence-electron chi connectivity index (χ3n) is 2.93. The molecule has 88 valence electrons. The minimum absolute atomic E-state index is 0.178. The predicted molar refractivity (Wildman–Crippen MR) is 56.3 cm³/mol. The molecule has 0 aromatic rings. The molecule has 1 aliphatic carbocycles. The lowest BCUT2D eigenvalue weighted by Crippen LogP contribution is -2.35. The van der Waals surface area contributed by atoms with Crippen molar-refractivity contribution in [3.05, 3.63) is 0 Å². The first kappa shape index (κ1) is 12.5. The molecule has 0 heterocycles. The highest BCUT2D eigenvalue weighted by Crippen LogP contribution is 2.31. The molecule has 16 heavy (non-hydrogen) atoms. The first-order valence-corrected chi connectivity index (χ1v) is 5.54. The first-order chi connectivity index (χ1) is 7.66. The average molecular weight is 224 g/mol. The van der Waals surface area contributed by atoms with E-state index in [1.807, 2.05) is 6.07 Å². The monoisotopic (exact) mass is 224 g/mol. The van der Waals surface area contributed by atoms with Crippen LogP contribution in [0.2, 0.25) is 0 Å². The van der Waals surface area contributed by atoms with Crippen LogP contribution in [0.3, 0.4) is 0 Å². The van der Waals surface area contributed by atoms with E-state index in [1.165, 1.54) is 0 Å². The van der Waals surface area contributed by atoms with Crippen LogP contribution in [0.1, 0.15) is 32.1 Å². The van der Waals surface area contributed by atoms with Gasteiger partial charge in [0.1, 0.15) is 0 Å². The molecule has 1 rings (SSSR count). The van der Waals surface area contributed by atoms with Crippen molar-refractivity contribution in [3.8, 4) is 6.07 Å². The number of carbonyl (C=O) groups excluding carboxylic acids is 1. The van der Waals surface area contributed by atoms with Crippen molar-refractivity contribution in [2.75, 3.05) is 6.54 Å². The number of amides is 1. The Labute approximate surface area is 94.4 Å². The molecular formula is C11H16N2O3. The summed E-state index contributed by atoms with van der Waals surface area (Å²) in [5, 5.41) is 19.9. The first-order valence-electron chi connectivity index (χ1n) is 5.54. The van der Waals surface area contributed by atoms with E-state index in [0.29, 0.717) is 32.2 Å². The molecule has 0 aromatic heterocycles. The molecule has 0 radical (unpaired) electrons. The van der Waals surface area contributed by atoms with Gasteiger partial charge in [-0.3, -0.25) is 9.59 Å². The van der Waals surface area contributed by atoms with Crippen LogP contribution >= 0.6 is 0 Å². The highest BCUT2D eigenvalue weighted by molar-refractivity contribution is 5.85. The van der Waals surface area contributed by atoms with Crippen LogP contribution < -0.4 is 5.32 Å². The molecule has 1 fully saturated rings. The van der Waals surface area contributed by atoms with Crippen LogP contribution in [0, 0.1) is 23.2 Å². The van der Waals surface area contributed by atoms with Crippen molar-refractivity contribution in [2.24, 2.45) is 11.8 Å². The number of unbranched alkanes of at least 4 members (excludes halogenated alkanes) is 1. The summed E-state index contributed by atoms with van der Waals surface area (Å²) < 4.78 is 0. The SMILES string of the molecule is N#CCCCNC(=O)[C@@H]1CCC[C@@H]1C(=O)O. The minimum atomic E-state index is -0.880. The number of carbonyl (C=O) groups is 2. The van der Waals surface area contributed by atoms with E-state index in [-0.39, 0.29) is 11.8 Å². The fourth-order valence-electron chi connectivity index (χ4n) is 2.08. The highest BCUT2D eigenvalue weighted by Gasteiger charge is 2.37. The van der Waals surface area contributed by atoms with E-state index in [2.05, 4.69) is 5.32 Å². The predicted octanol–water partition coefficient (Wildman–Crippen LogP) is 0.907. The molecule has 0 unspecified atom stereocenters. The van der Waals surface area contributed by atoms with E-state index in [9.17, 15) is 9.59 Å². The maximum atomic E-state index is 11.7. The van der Waals surface area contributed by atoms with Gasteiger partial charge in [0.05, 0.1) is 17.9 Å². The quantitative estimate of drug-likeness (QED) is 0.679. The summed E-state index contributed by atoms with van der Waals surface area (Å²) in [4.78, 5) is 22.5. The van der Waals surface area contributed by atoms with Crippen LogP contribution in [0.15, 0.2) is 0 Å². The van der Waals surface area contributed by atoms with Gasteiger partial charge in [0.2, 0.25) is 5.91 Å². The third-order valence-corrected chi connectivity index (χ3v) is 2.93. The van der Waals surface area contributed by atoms with Gasteiger partial charge in [-0.1, -0.05) is 6.42 Å². The zero-order valence-corrected chi connectivity index (χ0v) is 9.11. The summed E-state index contributed by atoms with van der Waals surface area (Å²) in [5.41, 5.74) is 0. The van der Waals surface area contributed by atoms with Gasteiger partial charge in [-0.2, -0.15) is 5.26 Å². The Bertz CT molecular complexity index is 309. The van der Waals surface area contributed by atoms with E-state index < -0.39 is 11.9 Å². The Hall–Kier alpha value is -1.57. The Kier molecular flexibility index (Phi) is 4.77. The highest BCUT2D eigenvalue weighted by atomic mass is 16.4. The number of carboxylic acids is 1. The van der Waals surface area contributed by atoms with Crippen LogP contribution in [0.4, 0.5) is 0 Å². The molecule has 0 aliphatic heterocycles. The molecule has 1 aliphatic rings. The molecule has 2 atom stereocenters. The van der Waals surface area contributed by atoms with Gasteiger partial charge < -0.3 is 10.4 Å². The lowest BCUT2D eigenvalue weighted by atomic mass is 9.95. The molecule has 0 spiro atoms. The summed E-state index contributed by atoms with van der Waals surface area (Å²) in [5.74, 6) is -1.98. The van der Waals surface area contributed by atoms with Crippen LogP contribution in [0.25, 0.3) is 0 Å². The fourth-order valence-corrected chi connectivity index (χ4v) is 2.08. The third kappa shape index (κ3) is 3.23. The van der Waals surface area contributed by atoms with Gasteiger partial charge in [0, 0.05) is 13.0 Å². The van der Waals surface area contributed by atoms with E-state index in [1.54, 1.807) is 0 Å². The number of rotatable bonds is 5. The van der Waals surface area contributed by atoms with Crippen LogP contribution in [-0.4, -0.2) is 23.5 Å². The van der Waals surface area contributed by atoms with Gasteiger partial charge in [-0.25, -0.2) is 0 Å². The van der Waals surface area contributed by atoms with Crippen molar-refractivity contribution in [1.82, 2.24) is 5.32 Å². The van der Waals surface area contributed by atoms with Crippen molar-refractivity contribution < 1.29 is 14.7 Å². The lowest BCUT2D eigenvalue weighted by molar-refractivity contribution is -0.146. The van der Waals surface area contributed by atoms with Crippen molar-refractivity contribution in [2.45, 2.75) is 32.1 Å². The normalized spacial score (nSPS) is 23.7. The van der Waals surface area contributed by atoms with Gasteiger partial charge >= 0.3 is 5.97 Å². The summed E-state index contributed by atoms with van der Waals surface area (Å²) in [6.45, 7) is 0.454. The number of hydrogen-bond acceptors (Lipinski definition) is 3. The zero-order chi connectivity index (χ0) is 12.0. The van der Waals surface area contributed by atoms with Gasteiger partial charge in [-0.15, -0.1) is 0 Å². The molecule has 1 saturated carbocycles. The minimum Gasteiger partial charge on any atom is -0.481 e. The van der Waals surface area contributed by atoms with Crippen LogP contribution in [-0.2, 0) is 9.59 Å². The van der Waals surface area contributed by atoms with Crippen LogP contribution in [0.5, 0.6) is 0 Å². The Morgan fingerprint density at radius 1 is 1.38 bits per heavy atom. The molecule has 1 amide bonds. The summed E-state index contributed by atoms with van der Waals surface area (Å²) in [7, 11) is 0. The molecule has 5 nitrogen and oxygen atoms in total. The second kappa shape index (κ2) is 6.11. The second-order valence-electron chi connectivity index (χ2n) is 4.03. The summed E-state index contributed by atoms with van der Waals surface area (Å²) in [6.07, 6.45) is 3.07. The van der Waals surface area contributed by atoms with Gasteiger partial charge in [0.25, 0.3) is 0 Å². The number of nitrogens with one attached hydrogen (secondary N) is 1. The van der Waals surface area contributed by atoms with Crippen molar-refractivity contribution in [3.63, 3.8) is 0 Å². The fraction of sp³-hybridized carbons (Fsp3) is 0.727. The second-order valence-corrected chi connectivity index (χ2v) is 4.03. The molecule has 0 aromatic carbocycles. The maximum Gasteiger partial charge on any atom is 0.307 e. The summed E-state index contributed by atoms with van der Waals surface area (Å²) in [6, 6.07) is 1.99. The average Bonchev–Trinajstić information content (AvgIpc) is 2.73. The Morgan fingerprint density at radius 3 is 2.69 bits per heavy atom. The standard InChI is InChI=1S/C11H16N2O3/c12-6-1-2-7-13-10(14)8-4-3-5-9(8)11(15)16/h8-9H,1-5,7H2,(H,13,14)(H,15,16)/t8-,9+/m1/s1. The molecule has 5 heteroatoms. The van der Waals surface area contributed by atoms with Crippen molar-refractivity contribution >= 4 is 11.9 Å². The largest absolute Gasteiger partial charge is 0.481 e. The lowest BCUT2D eigenvalue weighted by Gasteiger charge is -2.15. The van der Waals surface area contributed by atoms with E-state index >= 15 is 0 Å². The van der Waals surface area contributed by atoms with E-state index in [4.69, 9.17) is 10.4 Å². The van der Waals surface area contributed by atoms with Gasteiger partial charge in [0.15, 0.2) is 0 Å². The smallest absolute Gasteiger partial charge is 0.307 e. The Balaban J connectivity index is 2.36. The molecule has 0 bridgehead atoms. The number of hydrogen-bond donors (Lipinski definition) is 2. The molecular weight excluding hydrogens is 208 g/mol. The van der Waals surface area contributed by atoms with Gasteiger partial charge in [-0.05, 0) is 19.3 Å². The number of nitriles is 1. The maximum absolute atomic E-state index is 11.7. The topological polar surface area (TPSA) is 90.2 Å². The Morgan fingerprint density at radius 2 is 2.06 bits per heavy atom. The van der Waals surface area contributed by atoms with E-state index in [0.717, 1.165) is 6.42 Å². The zero-order valence-electron chi connectivity index (χ0n) is 9.11. The number of nitrogens with zero attached hydrogens (tertiary/aromatic N) is 1. The number of aliphatic carboxylic acids is 1. The number of carboxylic acid groups (broad SMARTS) is 1. The van der Waals surface area contributed by atoms with Crippen molar-refractivity contribution in [1.29, 1.82) is 5.26 Å². The molecule has 2 N–H and O–H groups in total. The molecule has 0 saturated heterocycles. The summed E-state index contributed by atoms with van der Waals surface area (Å²) >= 11 is 0.